The summed E-state index contributed by atoms with van der Waals surface area (Å²) in [7, 11) is 1.92. The minimum absolute atomic E-state index is 0.0775. The molecule has 7 heteroatoms. The molecule has 124 valence electrons. The van der Waals surface area contributed by atoms with E-state index in [9.17, 15) is 4.79 Å². The van der Waals surface area contributed by atoms with E-state index in [0.29, 0.717) is 0 Å². The van der Waals surface area contributed by atoms with Crippen molar-refractivity contribution >= 4 is 11.9 Å². The van der Waals surface area contributed by atoms with Gasteiger partial charge in [0.1, 0.15) is 5.82 Å². The minimum Gasteiger partial charge on any atom is -0.368 e. The van der Waals surface area contributed by atoms with Crippen LogP contribution in [-0.2, 0) is 18.3 Å². The van der Waals surface area contributed by atoms with E-state index in [1.165, 1.54) is 0 Å². The molecule has 2 rings (SSSR count). The van der Waals surface area contributed by atoms with E-state index in [4.69, 9.17) is 5.73 Å². The molecule has 0 bridgehead atoms. The van der Waals surface area contributed by atoms with Gasteiger partial charge < -0.3 is 15.6 Å². The first-order valence-corrected chi connectivity index (χ1v) is 7.65. The molecule has 0 saturated carbocycles. The van der Waals surface area contributed by atoms with Gasteiger partial charge in [-0.05, 0) is 19.8 Å². The number of amides is 1. The number of aromatic nitrogens is 4. The number of hydrogen-bond acceptors (Lipinski definition) is 5. The number of nitrogen functional groups attached to an aromatic ring is 1. The van der Waals surface area contributed by atoms with E-state index >= 15 is 0 Å². The molecule has 1 unspecified atom stereocenters. The zero-order valence-electron chi connectivity index (χ0n) is 14.3. The third-order valence-corrected chi connectivity index (χ3v) is 3.90. The van der Waals surface area contributed by atoms with Crippen LogP contribution in [0.15, 0.2) is 12.4 Å². The Balaban J connectivity index is 2.16. The van der Waals surface area contributed by atoms with E-state index in [0.717, 1.165) is 22.8 Å². The number of anilines is 1. The van der Waals surface area contributed by atoms with Crippen molar-refractivity contribution in [2.75, 3.05) is 5.73 Å². The fourth-order valence-electron chi connectivity index (χ4n) is 2.61. The Hall–Kier alpha value is -2.44. The van der Waals surface area contributed by atoms with Crippen LogP contribution in [0.1, 0.15) is 42.7 Å². The van der Waals surface area contributed by atoms with Gasteiger partial charge in [0.2, 0.25) is 11.9 Å². The molecule has 2 aromatic rings. The Morgan fingerprint density at radius 2 is 1.91 bits per heavy atom. The lowest BCUT2D eigenvalue weighted by Crippen LogP contribution is -2.34. The number of carbonyl (C=O) groups excluding carboxylic acids is 1. The molecule has 0 fully saturated rings. The van der Waals surface area contributed by atoms with E-state index < -0.39 is 0 Å². The first-order chi connectivity index (χ1) is 10.8. The molecular weight excluding hydrogens is 292 g/mol. The largest absolute Gasteiger partial charge is 0.368 e. The number of nitrogens with two attached hydrogens (primary N) is 1. The highest BCUT2D eigenvalue weighted by atomic mass is 16.1. The molecule has 23 heavy (non-hydrogen) atoms. The highest BCUT2D eigenvalue weighted by Crippen LogP contribution is 2.20. The van der Waals surface area contributed by atoms with Gasteiger partial charge in [0, 0.05) is 36.4 Å². The molecule has 0 aliphatic heterocycles. The van der Waals surface area contributed by atoms with Crippen LogP contribution in [0.5, 0.6) is 0 Å². The van der Waals surface area contributed by atoms with Crippen molar-refractivity contribution < 1.29 is 4.79 Å². The molecule has 0 aliphatic rings. The van der Waals surface area contributed by atoms with E-state index in [-0.39, 0.29) is 30.2 Å². The number of imidazole rings is 1. The van der Waals surface area contributed by atoms with Crippen molar-refractivity contribution in [2.24, 2.45) is 13.0 Å². The molecule has 0 spiro atoms. The Labute approximate surface area is 136 Å². The molecule has 2 aromatic heterocycles. The standard InChI is InChI=1S/C16H24N6O/c1-9(2)14(15-18-6-7-22(15)5)21-13(23)8-12-10(3)19-16(17)20-11(12)4/h6-7,9,14H,8H2,1-5H3,(H,21,23)(H2,17,19,20). The molecule has 2 heterocycles. The third-order valence-electron chi connectivity index (χ3n) is 3.90. The maximum Gasteiger partial charge on any atom is 0.225 e. The monoisotopic (exact) mass is 316 g/mol. The zero-order chi connectivity index (χ0) is 17.1. The van der Waals surface area contributed by atoms with Crippen molar-refractivity contribution in [3.63, 3.8) is 0 Å². The topological polar surface area (TPSA) is 98.7 Å². The van der Waals surface area contributed by atoms with Gasteiger partial charge >= 0.3 is 0 Å². The van der Waals surface area contributed by atoms with Crippen molar-refractivity contribution in [1.29, 1.82) is 0 Å². The van der Waals surface area contributed by atoms with E-state index in [1.807, 2.05) is 31.7 Å². The van der Waals surface area contributed by atoms with Crippen LogP contribution in [0.3, 0.4) is 0 Å². The summed E-state index contributed by atoms with van der Waals surface area (Å²) in [4.78, 5) is 25.1. The number of carbonyl (C=O) groups is 1. The van der Waals surface area contributed by atoms with Crippen molar-refractivity contribution in [3.05, 3.63) is 35.2 Å². The summed E-state index contributed by atoms with van der Waals surface area (Å²) in [5.41, 5.74) is 7.92. The highest BCUT2D eigenvalue weighted by molar-refractivity contribution is 5.79. The summed E-state index contributed by atoms with van der Waals surface area (Å²) < 4.78 is 1.92. The molecule has 7 nitrogen and oxygen atoms in total. The summed E-state index contributed by atoms with van der Waals surface area (Å²) >= 11 is 0. The lowest BCUT2D eigenvalue weighted by atomic mass is 10.0. The summed E-state index contributed by atoms with van der Waals surface area (Å²) in [6.45, 7) is 7.80. The van der Waals surface area contributed by atoms with Gasteiger partial charge in [-0.2, -0.15) is 0 Å². The van der Waals surface area contributed by atoms with Gasteiger partial charge in [-0.15, -0.1) is 0 Å². The second kappa shape index (κ2) is 6.76. The lowest BCUT2D eigenvalue weighted by molar-refractivity contribution is -0.121. The predicted octanol–water partition coefficient (Wildman–Crippen LogP) is 1.47. The zero-order valence-corrected chi connectivity index (χ0v) is 14.3. The van der Waals surface area contributed by atoms with Gasteiger partial charge in [-0.25, -0.2) is 15.0 Å². The maximum atomic E-state index is 12.5. The summed E-state index contributed by atoms with van der Waals surface area (Å²) in [5.74, 6) is 1.23. The van der Waals surface area contributed by atoms with Crippen LogP contribution in [0.4, 0.5) is 5.95 Å². The quantitative estimate of drug-likeness (QED) is 0.870. The number of rotatable bonds is 5. The number of nitrogens with zero attached hydrogens (tertiary/aromatic N) is 4. The molecule has 3 N–H and O–H groups in total. The van der Waals surface area contributed by atoms with Crippen molar-refractivity contribution in [3.8, 4) is 0 Å². The second-order valence-corrected chi connectivity index (χ2v) is 6.09. The highest BCUT2D eigenvalue weighted by Gasteiger charge is 2.23. The first-order valence-electron chi connectivity index (χ1n) is 7.65. The van der Waals surface area contributed by atoms with Crippen molar-refractivity contribution in [2.45, 2.75) is 40.2 Å². The van der Waals surface area contributed by atoms with Crippen LogP contribution in [0.25, 0.3) is 0 Å². The average Bonchev–Trinajstić information content (AvgIpc) is 2.86. The summed E-state index contributed by atoms with van der Waals surface area (Å²) in [5, 5.41) is 3.07. The average molecular weight is 316 g/mol. The van der Waals surface area contributed by atoms with E-state index in [1.54, 1.807) is 6.20 Å². The second-order valence-electron chi connectivity index (χ2n) is 6.09. The summed E-state index contributed by atoms with van der Waals surface area (Å²) in [6, 6.07) is -0.141. The Morgan fingerprint density at radius 3 is 2.39 bits per heavy atom. The maximum absolute atomic E-state index is 12.5. The Kier molecular flexibility index (Phi) is 4.98. The fourth-order valence-corrected chi connectivity index (χ4v) is 2.61. The van der Waals surface area contributed by atoms with Gasteiger partial charge in [0.05, 0.1) is 12.5 Å². The van der Waals surface area contributed by atoms with Gasteiger partial charge in [0.25, 0.3) is 0 Å². The molecule has 1 atom stereocenters. The van der Waals surface area contributed by atoms with Crippen LogP contribution in [0, 0.1) is 19.8 Å². The van der Waals surface area contributed by atoms with Gasteiger partial charge in [-0.1, -0.05) is 13.8 Å². The van der Waals surface area contributed by atoms with Crippen molar-refractivity contribution in [1.82, 2.24) is 24.8 Å². The Morgan fingerprint density at radius 1 is 1.30 bits per heavy atom. The molecule has 0 radical (unpaired) electrons. The van der Waals surface area contributed by atoms with Crippen LogP contribution >= 0.6 is 0 Å². The van der Waals surface area contributed by atoms with E-state index in [2.05, 4.69) is 34.1 Å². The normalized spacial score (nSPS) is 12.4. The molecule has 1 amide bonds. The number of nitrogens with one attached hydrogen (secondary N) is 1. The fraction of sp³-hybridized carbons (Fsp3) is 0.500. The number of aryl methyl sites for hydroxylation is 3. The van der Waals surface area contributed by atoms with Gasteiger partial charge in [0.15, 0.2) is 0 Å². The summed E-state index contributed by atoms with van der Waals surface area (Å²) in [6.07, 6.45) is 3.84. The number of hydrogen-bond donors (Lipinski definition) is 2. The Bertz CT molecular complexity index is 683. The lowest BCUT2D eigenvalue weighted by Gasteiger charge is -2.22. The SMILES string of the molecule is Cc1nc(N)nc(C)c1CC(=O)NC(c1nccn1C)C(C)C. The minimum atomic E-state index is -0.141. The van der Waals surface area contributed by atoms with Gasteiger partial charge in [-0.3, -0.25) is 4.79 Å². The van der Waals surface area contributed by atoms with Crippen LogP contribution in [-0.4, -0.2) is 25.4 Å². The molecule has 0 saturated heterocycles. The van der Waals surface area contributed by atoms with Crippen LogP contribution in [0.2, 0.25) is 0 Å². The predicted molar refractivity (Wildman–Crippen MR) is 88.6 cm³/mol. The molecular formula is C16H24N6O. The third kappa shape index (κ3) is 3.85. The molecule has 0 aromatic carbocycles. The smallest absolute Gasteiger partial charge is 0.225 e. The first kappa shape index (κ1) is 16.9. The molecule has 0 aliphatic carbocycles. The van der Waals surface area contributed by atoms with Crippen LogP contribution < -0.4 is 11.1 Å².